The van der Waals surface area contributed by atoms with E-state index in [2.05, 4.69) is 17.4 Å². The molecule has 1 saturated heterocycles. The van der Waals surface area contributed by atoms with Gasteiger partial charge in [-0.05, 0) is 48.2 Å². The number of anilines is 1. The van der Waals surface area contributed by atoms with Crippen molar-refractivity contribution in [3.05, 3.63) is 65.2 Å². The number of likely N-dealkylation sites (tertiary alicyclic amines) is 1. The first kappa shape index (κ1) is 17.9. The highest BCUT2D eigenvalue weighted by Gasteiger charge is 2.43. The first-order valence-corrected chi connectivity index (χ1v) is 8.83. The van der Waals surface area contributed by atoms with Crippen LogP contribution < -0.4 is 5.32 Å². The Bertz CT molecular complexity index is 841. The van der Waals surface area contributed by atoms with Crippen LogP contribution in [0.15, 0.2) is 48.5 Å². The smallest absolute Gasteiger partial charge is 0.365 e. The molecule has 0 bridgehead atoms. The molecule has 2 aliphatic rings. The summed E-state index contributed by atoms with van der Waals surface area (Å²) in [6.07, 6.45) is -2.99. The molecular weight excluding hydrogens is 357 g/mol. The van der Waals surface area contributed by atoms with Crippen LogP contribution in [0.4, 0.5) is 23.7 Å². The van der Waals surface area contributed by atoms with Gasteiger partial charge in [0.05, 0.1) is 17.8 Å². The zero-order valence-corrected chi connectivity index (χ0v) is 14.6. The molecule has 4 rings (SSSR count). The van der Waals surface area contributed by atoms with Crippen molar-refractivity contribution in [1.82, 2.24) is 4.90 Å². The van der Waals surface area contributed by atoms with E-state index >= 15 is 0 Å². The highest BCUT2D eigenvalue weighted by Crippen LogP contribution is 2.44. The van der Waals surface area contributed by atoms with Gasteiger partial charge in [0, 0.05) is 18.8 Å². The van der Waals surface area contributed by atoms with Gasteiger partial charge < -0.3 is 15.0 Å². The minimum Gasteiger partial charge on any atom is -0.365 e. The Labute approximate surface area is 154 Å². The van der Waals surface area contributed by atoms with Gasteiger partial charge in [-0.2, -0.15) is 13.2 Å². The number of benzene rings is 2. The number of ether oxygens (including phenoxy) is 1. The van der Waals surface area contributed by atoms with Crippen LogP contribution in [0, 0.1) is 0 Å². The summed E-state index contributed by atoms with van der Waals surface area (Å²) in [5, 5.41) is 2.67. The lowest BCUT2D eigenvalue weighted by atomic mass is 9.84. The number of nitrogens with one attached hydrogen (secondary N) is 1. The van der Waals surface area contributed by atoms with Gasteiger partial charge in [-0.3, -0.25) is 0 Å². The Morgan fingerprint density at radius 2 is 1.70 bits per heavy atom. The lowest BCUT2D eigenvalue weighted by Crippen LogP contribution is -2.46. The van der Waals surface area contributed by atoms with Crippen molar-refractivity contribution in [3.8, 4) is 0 Å². The Morgan fingerprint density at radius 3 is 2.37 bits per heavy atom. The van der Waals surface area contributed by atoms with Crippen LogP contribution in [0.25, 0.3) is 0 Å². The number of amides is 2. The average Bonchev–Trinajstić information content (AvgIpc) is 3.01. The Hall–Kier alpha value is -2.54. The number of piperidine rings is 1. The van der Waals surface area contributed by atoms with E-state index < -0.39 is 11.7 Å². The second-order valence-corrected chi connectivity index (χ2v) is 6.93. The maximum absolute atomic E-state index is 12.6. The summed E-state index contributed by atoms with van der Waals surface area (Å²) in [6.45, 7) is 1.65. The minimum atomic E-state index is -4.39. The molecule has 1 spiro atoms. The molecule has 7 heteroatoms. The van der Waals surface area contributed by atoms with Crippen LogP contribution >= 0.6 is 0 Å². The molecule has 0 radical (unpaired) electrons. The molecule has 0 saturated carbocycles. The van der Waals surface area contributed by atoms with Crippen molar-refractivity contribution in [3.63, 3.8) is 0 Å². The maximum atomic E-state index is 12.6. The first-order valence-electron chi connectivity index (χ1n) is 8.83. The zero-order chi connectivity index (χ0) is 19.1. The molecule has 1 N–H and O–H groups in total. The van der Waals surface area contributed by atoms with Crippen LogP contribution in [0.2, 0.25) is 0 Å². The molecule has 1 fully saturated rings. The molecule has 0 aromatic heterocycles. The molecule has 2 aromatic carbocycles. The molecule has 4 nitrogen and oxygen atoms in total. The van der Waals surface area contributed by atoms with Gasteiger partial charge in [-0.15, -0.1) is 0 Å². The zero-order valence-electron chi connectivity index (χ0n) is 14.6. The molecule has 2 amide bonds. The molecule has 0 aliphatic carbocycles. The van der Waals surface area contributed by atoms with E-state index in [1.165, 1.54) is 23.3 Å². The van der Waals surface area contributed by atoms with Gasteiger partial charge in [0.15, 0.2) is 0 Å². The van der Waals surface area contributed by atoms with Crippen molar-refractivity contribution < 1.29 is 22.7 Å². The van der Waals surface area contributed by atoms with Crippen LogP contribution in [0.3, 0.4) is 0 Å². The Morgan fingerprint density at radius 1 is 1.04 bits per heavy atom. The van der Waals surface area contributed by atoms with E-state index in [1.807, 2.05) is 12.1 Å². The lowest BCUT2D eigenvalue weighted by molar-refractivity contribution is -0.137. The molecule has 0 atom stereocenters. The highest BCUT2D eigenvalue weighted by atomic mass is 19.4. The summed E-state index contributed by atoms with van der Waals surface area (Å²) >= 11 is 0. The number of carbonyl (C=O) groups excluding carboxylic acids is 1. The van der Waals surface area contributed by atoms with Gasteiger partial charge >= 0.3 is 12.2 Å². The minimum absolute atomic E-state index is 0.309. The van der Waals surface area contributed by atoms with Gasteiger partial charge in [0.1, 0.15) is 0 Å². The van der Waals surface area contributed by atoms with E-state index in [4.69, 9.17) is 4.74 Å². The lowest BCUT2D eigenvalue weighted by Gasteiger charge is -2.39. The van der Waals surface area contributed by atoms with Crippen molar-refractivity contribution in [2.75, 3.05) is 18.4 Å². The number of urea groups is 1. The summed E-state index contributed by atoms with van der Waals surface area (Å²) in [5.74, 6) is 0. The third kappa shape index (κ3) is 3.39. The van der Waals surface area contributed by atoms with E-state index in [-0.39, 0.29) is 11.6 Å². The number of alkyl halides is 3. The summed E-state index contributed by atoms with van der Waals surface area (Å²) in [7, 11) is 0. The number of rotatable bonds is 1. The summed E-state index contributed by atoms with van der Waals surface area (Å²) < 4.78 is 43.9. The largest absolute Gasteiger partial charge is 0.416 e. The van der Waals surface area contributed by atoms with Gasteiger partial charge in [-0.25, -0.2) is 4.79 Å². The monoisotopic (exact) mass is 376 g/mol. The average molecular weight is 376 g/mol. The SMILES string of the molecule is O=C(Nc1ccc(C(F)(F)F)cc1)N1CCC2(CC1)OCc1ccccc12. The van der Waals surface area contributed by atoms with E-state index in [0.29, 0.717) is 38.2 Å². The van der Waals surface area contributed by atoms with Crippen LogP contribution in [-0.2, 0) is 23.1 Å². The maximum Gasteiger partial charge on any atom is 0.416 e. The van der Waals surface area contributed by atoms with Crippen molar-refractivity contribution in [2.24, 2.45) is 0 Å². The fourth-order valence-corrected chi connectivity index (χ4v) is 3.81. The van der Waals surface area contributed by atoms with Crippen molar-refractivity contribution in [1.29, 1.82) is 0 Å². The number of hydrogen-bond acceptors (Lipinski definition) is 2. The normalized spacial score (nSPS) is 18.4. The van der Waals surface area contributed by atoms with E-state index in [1.54, 1.807) is 4.90 Å². The van der Waals surface area contributed by atoms with Crippen molar-refractivity contribution >= 4 is 11.7 Å². The topological polar surface area (TPSA) is 41.6 Å². The molecule has 2 aliphatic heterocycles. The fraction of sp³-hybridized carbons (Fsp3) is 0.350. The highest BCUT2D eigenvalue weighted by molar-refractivity contribution is 5.89. The number of halogens is 3. The molecule has 2 heterocycles. The van der Waals surface area contributed by atoms with Gasteiger partial charge in [0.2, 0.25) is 0 Å². The second kappa shape index (κ2) is 6.56. The molecular formula is C20H19F3N2O2. The first-order chi connectivity index (χ1) is 12.9. The van der Waals surface area contributed by atoms with Crippen LogP contribution in [0.1, 0.15) is 29.5 Å². The summed E-state index contributed by atoms with van der Waals surface area (Å²) in [6, 6.07) is 12.3. The van der Waals surface area contributed by atoms with E-state index in [0.717, 1.165) is 12.1 Å². The van der Waals surface area contributed by atoms with Crippen LogP contribution in [0.5, 0.6) is 0 Å². The fourth-order valence-electron chi connectivity index (χ4n) is 3.81. The van der Waals surface area contributed by atoms with Gasteiger partial charge in [0.25, 0.3) is 0 Å². The summed E-state index contributed by atoms with van der Waals surface area (Å²) in [5.41, 5.74) is 1.67. The van der Waals surface area contributed by atoms with Crippen LogP contribution in [-0.4, -0.2) is 24.0 Å². The standard InChI is InChI=1S/C20H19F3N2O2/c21-20(22,23)15-5-7-16(8-6-15)24-18(26)25-11-9-19(10-12-25)17-4-2-1-3-14(17)13-27-19/h1-8H,9-13H2,(H,24,26). The van der Waals surface area contributed by atoms with Crippen molar-refractivity contribution in [2.45, 2.75) is 31.2 Å². The number of carbonyl (C=O) groups is 1. The second-order valence-electron chi connectivity index (χ2n) is 6.93. The number of nitrogens with zero attached hydrogens (tertiary/aromatic N) is 1. The van der Waals surface area contributed by atoms with E-state index in [9.17, 15) is 18.0 Å². The predicted octanol–water partition coefficient (Wildman–Crippen LogP) is 4.76. The third-order valence-electron chi connectivity index (χ3n) is 5.33. The Kier molecular flexibility index (Phi) is 4.34. The van der Waals surface area contributed by atoms with Gasteiger partial charge in [-0.1, -0.05) is 24.3 Å². The Balaban J connectivity index is 1.38. The molecule has 142 valence electrons. The molecule has 0 unspecified atom stereocenters. The summed E-state index contributed by atoms with van der Waals surface area (Å²) in [4.78, 5) is 14.1. The number of hydrogen-bond donors (Lipinski definition) is 1. The molecule has 2 aromatic rings. The predicted molar refractivity (Wildman–Crippen MR) is 94.2 cm³/mol. The third-order valence-corrected chi connectivity index (χ3v) is 5.33. The number of fused-ring (bicyclic) bond motifs is 2. The molecule has 27 heavy (non-hydrogen) atoms. The quantitative estimate of drug-likeness (QED) is 0.780.